The van der Waals surface area contributed by atoms with Crippen LogP contribution < -0.4 is 5.46 Å². The molecule has 1 rings (SSSR count). The highest BCUT2D eigenvalue weighted by molar-refractivity contribution is 6.60. The maximum absolute atomic E-state index is 10.4. The van der Waals surface area contributed by atoms with E-state index in [0.29, 0.717) is 0 Å². The van der Waals surface area contributed by atoms with Crippen molar-refractivity contribution >= 4 is 18.3 Å². The van der Waals surface area contributed by atoms with E-state index in [4.69, 9.17) is 10.0 Å². The van der Waals surface area contributed by atoms with Crippen LogP contribution >= 0.6 is 0 Å². The van der Waals surface area contributed by atoms with Crippen molar-refractivity contribution in [3.8, 4) is 0 Å². The maximum Gasteiger partial charge on any atom is 0.495 e. The van der Waals surface area contributed by atoms with Crippen molar-refractivity contribution in [2.45, 2.75) is 6.92 Å². The standard InChI is InChI=1S/C7H8BNO4/c1-5-2-3-7(9(12)13)6(4-5)8(10)11/h2-4,10-11H,1H3. The summed E-state index contributed by atoms with van der Waals surface area (Å²) in [5, 5.41) is 28.1. The normalized spacial score (nSPS) is 9.77. The van der Waals surface area contributed by atoms with Crippen LogP contribution in [0.25, 0.3) is 0 Å². The molecule has 2 N–H and O–H groups in total. The van der Waals surface area contributed by atoms with Crippen molar-refractivity contribution in [1.82, 2.24) is 0 Å². The van der Waals surface area contributed by atoms with Gasteiger partial charge in [0.2, 0.25) is 0 Å². The molecule has 0 aliphatic carbocycles. The molecule has 0 aromatic heterocycles. The van der Waals surface area contributed by atoms with Crippen LogP contribution in [0.5, 0.6) is 0 Å². The predicted octanol–water partition coefficient (Wildman–Crippen LogP) is -0.417. The van der Waals surface area contributed by atoms with Gasteiger partial charge in [0.25, 0.3) is 5.69 Å². The van der Waals surface area contributed by atoms with Crippen LogP contribution in [0.2, 0.25) is 0 Å². The first kappa shape index (κ1) is 9.69. The molecule has 0 bridgehead atoms. The number of rotatable bonds is 2. The van der Waals surface area contributed by atoms with Gasteiger partial charge < -0.3 is 10.0 Å². The van der Waals surface area contributed by atoms with Crippen LogP contribution in [0.15, 0.2) is 18.2 Å². The van der Waals surface area contributed by atoms with Crippen molar-refractivity contribution in [3.63, 3.8) is 0 Å². The summed E-state index contributed by atoms with van der Waals surface area (Å²) < 4.78 is 0. The number of benzene rings is 1. The summed E-state index contributed by atoms with van der Waals surface area (Å²) in [5.74, 6) is 0. The number of hydrogen-bond donors (Lipinski definition) is 2. The Bertz CT molecular complexity index is 339. The molecule has 0 aliphatic rings. The van der Waals surface area contributed by atoms with Crippen LogP contribution in [-0.2, 0) is 0 Å². The van der Waals surface area contributed by atoms with Gasteiger partial charge in [-0.3, -0.25) is 10.1 Å². The minimum absolute atomic E-state index is 0.0787. The van der Waals surface area contributed by atoms with Crippen LogP contribution in [0.4, 0.5) is 5.69 Å². The Kier molecular flexibility index (Phi) is 2.65. The lowest BCUT2D eigenvalue weighted by molar-refractivity contribution is -0.383. The highest BCUT2D eigenvalue weighted by Crippen LogP contribution is 2.09. The Labute approximate surface area is 74.9 Å². The van der Waals surface area contributed by atoms with Crippen molar-refractivity contribution in [1.29, 1.82) is 0 Å². The van der Waals surface area contributed by atoms with Gasteiger partial charge in [-0.25, -0.2) is 0 Å². The molecule has 0 unspecified atom stereocenters. The number of nitrogens with zero attached hydrogens (tertiary/aromatic N) is 1. The van der Waals surface area contributed by atoms with E-state index in [0.717, 1.165) is 5.56 Å². The molecule has 0 spiro atoms. The predicted molar refractivity (Wildman–Crippen MR) is 47.7 cm³/mol. The van der Waals surface area contributed by atoms with Gasteiger partial charge in [0.15, 0.2) is 0 Å². The minimum atomic E-state index is -1.81. The molecule has 0 saturated carbocycles. The number of hydrogen-bond acceptors (Lipinski definition) is 4. The van der Waals surface area contributed by atoms with Crippen molar-refractivity contribution in [2.75, 3.05) is 0 Å². The summed E-state index contributed by atoms with van der Waals surface area (Å²) in [5.41, 5.74) is 0.388. The third-order valence-corrected chi connectivity index (χ3v) is 1.66. The Morgan fingerprint density at radius 2 is 2.08 bits per heavy atom. The monoisotopic (exact) mass is 181 g/mol. The number of nitro groups is 1. The molecule has 13 heavy (non-hydrogen) atoms. The van der Waals surface area contributed by atoms with Gasteiger partial charge in [-0.2, -0.15) is 0 Å². The van der Waals surface area contributed by atoms with E-state index >= 15 is 0 Å². The zero-order valence-electron chi connectivity index (χ0n) is 6.97. The van der Waals surface area contributed by atoms with E-state index in [-0.39, 0.29) is 11.2 Å². The fraction of sp³-hybridized carbons (Fsp3) is 0.143. The molecule has 0 radical (unpaired) electrons. The molecule has 6 heteroatoms. The Balaban J connectivity index is 3.26. The first-order valence-corrected chi connectivity index (χ1v) is 3.63. The van der Waals surface area contributed by atoms with Gasteiger partial charge in [-0.1, -0.05) is 17.7 Å². The van der Waals surface area contributed by atoms with Gasteiger partial charge in [0.1, 0.15) is 0 Å². The smallest absolute Gasteiger partial charge is 0.423 e. The first-order chi connectivity index (χ1) is 6.02. The average Bonchev–Trinajstić information content (AvgIpc) is 2.03. The Hall–Kier alpha value is -1.40. The average molecular weight is 181 g/mol. The lowest BCUT2D eigenvalue weighted by Crippen LogP contribution is -2.32. The zero-order chi connectivity index (χ0) is 10.0. The lowest BCUT2D eigenvalue weighted by Gasteiger charge is -2.01. The lowest BCUT2D eigenvalue weighted by atomic mass is 9.78. The van der Waals surface area contributed by atoms with Crippen LogP contribution in [0.3, 0.4) is 0 Å². The first-order valence-electron chi connectivity index (χ1n) is 3.63. The Morgan fingerprint density at radius 3 is 2.54 bits per heavy atom. The summed E-state index contributed by atoms with van der Waals surface area (Å²) >= 11 is 0. The summed E-state index contributed by atoms with van der Waals surface area (Å²) in [7, 11) is -1.81. The third kappa shape index (κ3) is 2.04. The summed E-state index contributed by atoms with van der Waals surface area (Å²) in [6.07, 6.45) is 0. The number of aryl methyl sites for hydroxylation is 1. The highest BCUT2D eigenvalue weighted by atomic mass is 16.6. The van der Waals surface area contributed by atoms with E-state index < -0.39 is 12.0 Å². The molecular formula is C7H8BNO4. The fourth-order valence-electron chi connectivity index (χ4n) is 1.05. The van der Waals surface area contributed by atoms with Crippen LogP contribution in [0.1, 0.15) is 5.56 Å². The van der Waals surface area contributed by atoms with Crippen LogP contribution in [0, 0.1) is 17.0 Å². The summed E-state index contributed by atoms with van der Waals surface area (Å²) in [6, 6.07) is 4.18. The second kappa shape index (κ2) is 3.55. The molecule has 1 aromatic carbocycles. The van der Waals surface area contributed by atoms with Crippen molar-refractivity contribution in [2.24, 2.45) is 0 Å². The second-order valence-electron chi connectivity index (χ2n) is 2.69. The number of nitro benzene ring substituents is 1. The van der Waals surface area contributed by atoms with E-state index in [1.807, 2.05) is 0 Å². The van der Waals surface area contributed by atoms with Gasteiger partial charge in [-0.05, 0) is 6.92 Å². The maximum atomic E-state index is 10.4. The third-order valence-electron chi connectivity index (χ3n) is 1.66. The Morgan fingerprint density at radius 1 is 1.46 bits per heavy atom. The van der Waals surface area contributed by atoms with Crippen LogP contribution in [-0.4, -0.2) is 22.1 Å². The molecule has 0 aliphatic heterocycles. The topological polar surface area (TPSA) is 83.6 Å². The molecule has 0 fully saturated rings. The zero-order valence-corrected chi connectivity index (χ0v) is 6.97. The van der Waals surface area contributed by atoms with E-state index in [9.17, 15) is 10.1 Å². The minimum Gasteiger partial charge on any atom is -0.423 e. The largest absolute Gasteiger partial charge is 0.495 e. The van der Waals surface area contributed by atoms with Gasteiger partial charge in [0.05, 0.1) is 10.4 Å². The highest BCUT2D eigenvalue weighted by Gasteiger charge is 2.23. The van der Waals surface area contributed by atoms with Crippen molar-refractivity contribution in [3.05, 3.63) is 33.9 Å². The SMILES string of the molecule is Cc1ccc([N+](=O)[O-])c(B(O)O)c1. The van der Waals surface area contributed by atoms with Gasteiger partial charge in [0, 0.05) is 6.07 Å². The van der Waals surface area contributed by atoms with E-state index in [1.54, 1.807) is 13.0 Å². The summed E-state index contributed by atoms with van der Waals surface area (Å²) in [6.45, 7) is 1.72. The second-order valence-corrected chi connectivity index (χ2v) is 2.69. The van der Waals surface area contributed by atoms with E-state index in [1.165, 1.54) is 12.1 Å². The summed E-state index contributed by atoms with van der Waals surface area (Å²) in [4.78, 5) is 9.78. The molecule has 68 valence electrons. The quantitative estimate of drug-likeness (QED) is 0.368. The van der Waals surface area contributed by atoms with Crippen molar-refractivity contribution < 1.29 is 15.0 Å². The van der Waals surface area contributed by atoms with Gasteiger partial charge in [-0.15, -0.1) is 0 Å². The fourth-order valence-corrected chi connectivity index (χ4v) is 1.05. The molecule has 0 atom stereocenters. The van der Waals surface area contributed by atoms with Gasteiger partial charge >= 0.3 is 7.12 Å². The molecular weight excluding hydrogens is 173 g/mol. The molecule has 1 aromatic rings. The molecule has 0 amide bonds. The molecule has 5 nitrogen and oxygen atoms in total. The van der Waals surface area contributed by atoms with E-state index in [2.05, 4.69) is 0 Å². The molecule has 0 saturated heterocycles. The molecule has 0 heterocycles.